The molecule has 0 saturated carbocycles. The highest BCUT2D eigenvalue weighted by Crippen LogP contribution is 2.22. The number of aromatic nitrogens is 2. The molecule has 190 valence electrons. The fourth-order valence-electron chi connectivity index (χ4n) is 3.27. The lowest BCUT2D eigenvalue weighted by molar-refractivity contribution is 0.288. The van der Waals surface area contributed by atoms with Crippen LogP contribution in [0.1, 0.15) is 38.7 Å². The zero-order valence-corrected chi connectivity index (χ0v) is 20.8. The maximum absolute atomic E-state index is 12.5. The monoisotopic (exact) mass is 501 g/mol. The van der Waals surface area contributed by atoms with Gasteiger partial charge in [-0.1, -0.05) is 31.2 Å². The Kier molecular flexibility index (Phi) is 10.3. The van der Waals surface area contributed by atoms with Crippen molar-refractivity contribution in [3.8, 4) is 11.3 Å². The molecule has 35 heavy (non-hydrogen) atoms. The molecule has 3 rings (SSSR count). The maximum atomic E-state index is 12.5. The molecule has 2 aromatic carbocycles. The van der Waals surface area contributed by atoms with Gasteiger partial charge in [0.2, 0.25) is 11.8 Å². The Labute approximate surface area is 210 Å². The Bertz CT molecular complexity index is 1190. The quantitative estimate of drug-likeness (QED) is 0.260. The first-order valence-corrected chi connectivity index (χ1v) is 12.1. The SMILES string of the molecule is CNCc1ccc(C(=N)OC(=N)c2nc(-c3ccc(S(=O)C(C)CCO)cc3)cnc2C)cc1.O.[HH].[HH]. The van der Waals surface area contributed by atoms with Crippen LogP contribution in [0.4, 0.5) is 0 Å². The Morgan fingerprint density at radius 3 is 2.40 bits per heavy atom. The minimum Gasteiger partial charge on any atom is -0.419 e. The van der Waals surface area contributed by atoms with E-state index in [1.807, 2.05) is 26.1 Å². The van der Waals surface area contributed by atoms with Crippen molar-refractivity contribution < 1.29 is 22.4 Å². The van der Waals surface area contributed by atoms with Gasteiger partial charge < -0.3 is 20.6 Å². The minimum atomic E-state index is -1.21. The first kappa shape index (κ1) is 27.9. The average Bonchev–Trinajstić information content (AvgIpc) is 2.84. The molecule has 0 amide bonds. The molecular formula is C25H35N5O4S. The zero-order valence-electron chi connectivity index (χ0n) is 20.0. The van der Waals surface area contributed by atoms with Gasteiger partial charge in [-0.15, -0.1) is 0 Å². The number of nitrogens with one attached hydrogen (secondary N) is 3. The molecule has 0 aliphatic heterocycles. The van der Waals surface area contributed by atoms with Crippen LogP contribution in [-0.2, 0) is 22.1 Å². The molecule has 0 radical (unpaired) electrons. The molecule has 0 aliphatic carbocycles. The van der Waals surface area contributed by atoms with Crippen LogP contribution >= 0.6 is 0 Å². The number of benzene rings is 2. The highest BCUT2D eigenvalue weighted by molar-refractivity contribution is 7.85. The van der Waals surface area contributed by atoms with Gasteiger partial charge in [0.25, 0.3) is 0 Å². The third-order valence-corrected chi connectivity index (χ3v) is 6.96. The summed E-state index contributed by atoms with van der Waals surface area (Å²) in [6, 6.07) is 14.5. The fourth-order valence-corrected chi connectivity index (χ4v) is 4.46. The standard InChI is InChI=1S/C25H29N5O3S.H2O.2H2/c1-16(12-13-31)34(32)21-10-8-19(9-11-21)22-15-29-17(2)23(30-22)25(27)33-24(26)20-6-4-18(5-7-20)14-28-3;;;/h4-11,15-16,26-28,31H,12-14H2,1-3H3;1H2;2*1H. The topological polar surface area (TPSA) is 164 Å². The molecule has 6 N–H and O–H groups in total. The molecule has 2 unspecified atom stereocenters. The van der Waals surface area contributed by atoms with Crippen LogP contribution in [0.25, 0.3) is 11.3 Å². The molecule has 10 heteroatoms. The van der Waals surface area contributed by atoms with Crippen LogP contribution in [0.3, 0.4) is 0 Å². The largest absolute Gasteiger partial charge is 0.419 e. The predicted octanol–water partition coefficient (Wildman–Crippen LogP) is 3.08. The number of nitrogens with zero attached hydrogens (tertiary/aromatic N) is 2. The van der Waals surface area contributed by atoms with Crippen molar-refractivity contribution in [3.05, 3.63) is 77.2 Å². The molecular weight excluding hydrogens is 466 g/mol. The van der Waals surface area contributed by atoms with Crippen molar-refractivity contribution in [1.82, 2.24) is 15.3 Å². The molecule has 3 aromatic rings. The Morgan fingerprint density at radius 2 is 1.80 bits per heavy atom. The van der Waals surface area contributed by atoms with E-state index in [0.717, 1.165) is 17.7 Å². The zero-order chi connectivity index (χ0) is 24.7. The van der Waals surface area contributed by atoms with Crippen LogP contribution in [0.5, 0.6) is 0 Å². The highest BCUT2D eigenvalue weighted by atomic mass is 32.2. The van der Waals surface area contributed by atoms with E-state index in [4.69, 9.17) is 20.7 Å². The molecule has 0 fully saturated rings. The summed E-state index contributed by atoms with van der Waals surface area (Å²) in [5, 5.41) is 28.6. The summed E-state index contributed by atoms with van der Waals surface area (Å²) >= 11 is 0. The number of hydrogen-bond acceptors (Lipinski definition) is 8. The normalized spacial score (nSPS) is 12.3. The predicted molar refractivity (Wildman–Crippen MR) is 142 cm³/mol. The third-order valence-electron chi connectivity index (χ3n) is 5.26. The van der Waals surface area contributed by atoms with E-state index in [1.54, 1.807) is 49.5 Å². The number of aryl methyl sites for hydroxylation is 1. The summed E-state index contributed by atoms with van der Waals surface area (Å²) in [4.78, 5) is 9.57. The van der Waals surface area contributed by atoms with E-state index in [-0.39, 0.29) is 37.7 Å². The van der Waals surface area contributed by atoms with Crippen molar-refractivity contribution in [3.63, 3.8) is 0 Å². The smallest absolute Gasteiger partial charge is 0.241 e. The summed E-state index contributed by atoms with van der Waals surface area (Å²) in [7, 11) is 0.655. The van der Waals surface area contributed by atoms with E-state index in [9.17, 15) is 4.21 Å². The van der Waals surface area contributed by atoms with Crippen molar-refractivity contribution in [2.75, 3.05) is 13.7 Å². The maximum Gasteiger partial charge on any atom is 0.241 e. The molecule has 9 nitrogen and oxygen atoms in total. The number of hydrogen-bond donors (Lipinski definition) is 4. The van der Waals surface area contributed by atoms with Gasteiger partial charge in [-0.2, -0.15) is 0 Å². The van der Waals surface area contributed by atoms with Crippen molar-refractivity contribution >= 4 is 22.6 Å². The first-order chi connectivity index (χ1) is 16.3. The lowest BCUT2D eigenvalue weighted by atomic mass is 10.1. The second-order valence-electron chi connectivity index (χ2n) is 7.82. The lowest BCUT2D eigenvalue weighted by Crippen LogP contribution is -2.16. The van der Waals surface area contributed by atoms with Gasteiger partial charge in [0.15, 0.2) is 0 Å². The third kappa shape index (κ3) is 7.09. The van der Waals surface area contributed by atoms with Crippen LogP contribution in [0.2, 0.25) is 0 Å². The minimum absolute atomic E-state index is 0. The van der Waals surface area contributed by atoms with E-state index in [0.29, 0.717) is 28.3 Å². The van der Waals surface area contributed by atoms with Crippen LogP contribution in [-0.4, -0.2) is 55.5 Å². The number of ether oxygens (including phenoxy) is 1. The number of aliphatic hydroxyl groups excluding tert-OH is 1. The summed E-state index contributed by atoms with van der Waals surface area (Å²) in [5.41, 5.74) is 3.70. The molecule has 0 aliphatic rings. The van der Waals surface area contributed by atoms with Gasteiger partial charge in [0.05, 0.1) is 28.4 Å². The van der Waals surface area contributed by atoms with Gasteiger partial charge >= 0.3 is 0 Å². The second kappa shape index (κ2) is 13.0. The van der Waals surface area contributed by atoms with E-state index < -0.39 is 10.8 Å². The summed E-state index contributed by atoms with van der Waals surface area (Å²) in [6.45, 7) is 4.30. The highest BCUT2D eigenvalue weighted by Gasteiger charge is 2.16. The van der Waals surface area contributed by atoms with E-state index >= 15 is 0 Å². The molecule has 0 bridgehead atoms. The molecule has 1 aromatic heterocycles. The van der Waals surface area contributed by atoms with Crippen LogP contribution in [0.15, 0.2) is 59.6 Å². The summed E-state index contributed by atoms with van der Waals surface area (Å²) in [5.74, 6) is -0.400. The van der Waals surface area contributed by atoms with Gasteiger partial charge in [0.1, 0.15) is 5.69 Å². The van der Waals surface area contributed by atoms with E-state index in [1.165, 1.54) is 0 Å². The van der Waals surface area contributed by atoms with E-state index in [2.05, 4.69) is 15.3 Å². The number of aliphatic hydroxyl groups is 1. The molecule has 1 heterocycles. The van der Waals surface area contributed by atoms with Crippen molar-refractivity contribution in [1.29, 1.82) is 10.8 Å². The molecule has 0 spiro atoms. The van der Waals surface area contributed by atoms with Gasteiger partial charge in [0, 0.05) is 37.3 Å². The number of rotatable bonds is 9. The fraction of sp³-hybridized carbons (Fsp3) is 0.280. The molecule has 2 atom stereocenters. The van der Waals surface area contributed by atoms with Crippen LogP contribution < -0.4 is 5.32 Å². The van der Waals surface area contributed by atoms with Crippen molar-refractivity contribution in [2.45, 2.75) is 37.0 Å². The lowest BCUT2D eigenvalue weighted by Gasteiger charge is -2.12. The van der Waals surface area contributed by atoms with Gasteiger partial charge in [-0.05, 0) is 50.2 Å². The van der Waals surface area contributed by atoms with Gasteiger partial charge in [-0.25, -0.2) is 4.98 Å². The van der Waals surface area contributed by atoms with Crippen LogP contribution in [0, 0.1) is 17.7 Å². The van der Waals surface area contributed by atoms with Crippen molar-refractivity contribution in [2.24, 2.45) is 0 Å². The Balaban J connectivity index is 0.00000432. The summed E-state index contributed by atoms with van der Waals surface area (Å²) < 4.78 is 18.0. The molecule has 0 saturated heterocycles. The Hall–Kier alpha value is -3.31. The first-order valence-electron chi connectivity index (χ1n) is 10.9. The average molecular weight is 502 g/mol. The van der Waals surface area contributed by atoms with Gasteiger partial charge in [-0.3, -0.25) is 20.0 Å². The summed E-state index contributed by atoms with van der Waals surface area (Å²) in [6.07, 6.45) is 2.08. The second-order valence-corrected chi connectivity index (χ2v) is 9.69. The Morgan fingerprint density at radius 1 is 1.14 bits per heavy atom.